The Kier molecular flexibility index (Phi) is 9.22. The number of carbonyl (C=O) groups excluding carboxylic acids is 2. The number of rotatable bonds is 9. The fourth-order valence-electron chi connectivity index (χ4n) is 5.07. The summed E-state index contributed by atoms with van der Waals surface area (Å²) in [6.45, 7) is 7.17. The molecule has 1 amide bonds. The van der Waals surface area contributed by atoms with Crippen molar-refractivity contribution in [1.82, 2.24) is 14.8 Å². The molecule has 2 N–H and O–H groups in total. The summed E-state index contributed by atoms with van der Waals surface area (Å²) in [6, 6.07) is 9.56. The predicted molar refractivity (Wildman–Crippen MR) is 153 cm³/mol. The highest BCUT2D eigenvalue weighted by Gasteiger charge is 2.32. The first-order chi connectivity index (χ1) is 18.7. The maximum Gasteiger partial charge on any atom is 0.357 e. The van der Waals surface area contributed by atoms with Crippen LogP contribution >= 0.6 is 0 Å². The maximum absolute atomic E-state index is 13.0. The van der Waals surface area contributed by atoms with Gasteiger partial charge in [0.2, 0.25) is 5.90 Å². The number of nitrogens with zero attached hydrogens (tertiary/aromatic N) is 3. The second-order valence-corrected chi connectivity index (χ2v) is 10.9. The van der Waals surface area contributed by atoms with Crippen molar-refractivity contribution >= 4 is 23.6 Å². The van der Waals surface area contributed by atoms with E-state index in [0.717, 1.165) is 31.2 Å². The molecule has 2 aliphatic rings. The summed E-state index contributed by atoms with van der Waals surface area (Å²) in [5, 5.41) is 12.4. The Morgan fingerprint density at radius 2 is 1.79 bits per heavy atom. The van der Waals surface area contributed by atoms with Gasteiger partial charge >= 0.3 is 5.97 Å². The molecule has 0 unspecified atom stereocenters. The van der Waals surface area contributed by atoms with Gasteiger partial charge in [0.05, 0.1) is 18.3 Å². The molecule has 1 aromatic carbocycles. The minimum absolute atomic E-state index is 0.00245. The van der Waals surface area contributed by atoms with Gasteiger partial charge < -0.3 is 24.6 Å². The van der Waals surface area contributed by atoms with Gasteiger partial charge in [0, 0.05) is 36.3 Å². The number of esters is 1. The van der Waals surface area contributed by atoms with Crippen LogP contribution in [0, 0.1) is 5.41 Å². The van der Waals surface area contributed by atoms with Crippen LogP contribution in [0.4, 0.5) is 5.82 Å². The second kappa shape index (κ2) is 12.6. The first-order valence-electron chi connectivity index (χ1n) is 14.0. The van der Waals surface area contributed by atoms with Crippen LogP contribution in [-0.2, 0) is 9.47 Å². The van der Waals surface area contributed by atoms with Crippen molar-refractivity contribution in [2.45, 2.75) is 71.1 Å². The third kappa shape index (κ3) is 6.76. The molecule has 1 aliphatic carbocycles. The highest BCUT2D eigenvalue weighted by molar-refractivity contribution is 6.05. The van der Waals surface area contributed by atoms with Gasteiger partial charge in [0.15, 0.2) is 5.69 Å². The van der Waals surface area contributed by atoms with Gasteiger partial charge in [-0.05, 0) is 71.5 Å². The lowest BCUT2D eigenvalue weighted by Crippen LogP contribution is -2.59. The molecular formula is C30H41N5O4. The Labute approximate surface area is 231 Å². The van der Waals surface area contributed by atoms with Crippen molar-refractivity contribution in [1.29, 1.82) is 5.41 Å². The zero-order chi connectivity index (χ0) is 28.1. The van der Waals surface area contributed by atoms with E-state index in [1.54, 1.807) is 25.1 Å². The second-order valence-electron chi connectivity index (χ2n) is 10.9. The van der Waals surface area contributed by atoms with Crippen molar-refractivity contribution < 1.29 is 19.1 Å². The SMILES string of the molecule is CCOC(=O)c1cc(-c2ccc(C(=O)N3CC(N(C)C)C3)cc2)c(C(=N)OC(C)C)c(NC2CCCCC2)n1. The number of carbonyl (C=O) groups is 2. The number of likely N-dealkylation sites (N-methyl/N-ethyl adjacent to an activating group) is 1. The Morgan fingerprint density at radius 3 is 2.38 bits per heavy atom. The molecule has 0 atom stereocenters. The fourth-order valence-corrected chi connectivity index (χ4v) is 5.07. The van der Waals surface area contributed by atoms with Gasteiger partial charge in [-0.25, -0.2) is 9.78 Å². The summed E-state index contributed by atoms with van der Waals surface area (Å²) in [5.41, 5.74) is 2.66. The first-order valence-corrected chi connectivity index (χ1v) is 14.0. The summed E-state index contributed by atoms with van der Waals surface area (Å²) < 4.78 is 11.1. The van der Waals surface area contributed by atoms with E-state index in [1.807, 2.05) is 45.0 Å². The molecule has 2 heterocycles. The zero-order valence-electron chi connectivity index (χ0n) is 23.8. The van der Waals surface area contributed by atoms with E-state index >= 15 is 0 Å². The molecule has 1 saturated heterocycles. The number of amides is 1. The molecular weight excluding hydrogens is 494 g/mol. The molecule has 0 radical (unpaired) electrons. The van der Waals surface area contributed by atoms with Crippen LogP contribution < -0.4 is 5.32 Å². The van der Waals surface area contributed by atoms with E-state index in [2.05, 4.69) is 15.2 Å². The summed E-state index contributed by atoms with van der Waals surface area (Å²) in [6.07, 6.45) is 5.25. The van der Waals surface area contributed by atoms with Crippen LogP contribution in [0.5, 0.6) is 0 Å². The number of ether oxygens (including phenoxy) is 2. The Bertz CT molecular complexity index is 1180. The molecule has 39 heavy (non-hydrogen) atoms. The average molecular weight is 536 g/mol. The fraction of sp³-hybridized carbons (Fsp3) is 0.533. The number of anilines is 1. The summed E-state index contributed by atoms with van der Waals surface area (Å²) in [7, 11) is 4.05. The van der Waals surface area contributed by atoms with Gasteiger partial charge in [-0.1, -0.05) is 31.4 Å². The number of benzene rings is 1. The highest BCUT2D eigenvalue weighted by Crippen LogP contribution is 2.33. The highest BCUT2D eigenvalue weighted by atomic mass is 16.5. The van der Waals surface area contributed by atoms with Crippen molar-refractivity contribution in [2.75, 3.05) is 39.1 Å². The van der Waals surface area contributed by atoms with Crippen LogP contribution in [0.25, 0.3) is 11.1 Å². The molecule has 2 aromatic rings. The summed E-state index contributed by atoms with van der Waals surface area (Å²) >= 11 is 0. The van der Waals surface area contributed by atoms with Crippen molar-refractivity contribution in [3.8, 4) is 11.1 Å². The lowest BCUT2D eigenvalue weighted by Gasteiger charge is -2.42. The number of hydrogen-bond acceptors (Lipinski definition) is 8. The number of aromatic nitrogens is 1. The molecule has 1 aromatic heterocycles. The monoisotopic (exact) mass is 535 g/mol. The number of hydrogen-bond donors (Lipinski definition) is 2. The summed E-state index contributed by atoms with van der Waals surface area (Å²) in [4.78, 5) is 34.4. The number of likely N-dealkylation sites (tertiary alicyclic amines) is 1. The molecule has 4 rings (SSSR count). The topological polar surface area (TPSA) is 108 Å². The Hall–Kier alpha value is -3.46. The van der Waals surface area contributed by atoms with E-state index in [4.69, 9.17) is 14.9 Å². The van der Waals surface area contributed by atoms with Gasteiger partial charge in [-0.2, -0.15) is 0 Å². The Balaban J connectivity index is 1.73. The lowest BCUT2D eigenvalue weighted by atomic mass is 9.94. The van der Waals surface area contributed by atoms with Crippen LogP contribution in [0.1, 0.15) is 79.3 Å². The molecule has 1 saturated carbocycles. The normalized spacial score (nSPS) is 16.2. The molecule has 0 spiro atoms. The largest absolute Gasteiger partial charge is 0.475 e. The molecule has 9 heteroatoms. The van der Waals surface area contributed by atoms with Crippen molar-refractivity contribution in [3.05, 3.63) is 47.2 Å². The zero-order valence-corrected chi connectivity index (χ0v) is 23.8. The molecule has 1 aliphatic heterocycles. The number of nitrogens with one attached hydrogen (secondary N) is 2. The van der Waals surface area contributed by atoms with E-state index in [1.165, 1.54) is 6.42 Å². The smallest absolute Gasteiger partial charge is 0.357 e. The molecule has 9 nitrogen and oxygen atoms in total. The van der Waals surface area contributed by atoms with E-state index < -0.39 is 5.97 Å². The molecule has 0 bridgehead atoms. The van der Waals surface area contributed by atoms with Crippen LogP contribution in [-0.4, -0.2) is 84.5 Å². The minimum atomic E-state index is -0.520. The van der Waals surface area contributed by atoms with Gasteiger partial charge in [-0.15, -0.1) is 0 Å². The minimum Gasteiger partial charge on any atom is -0.475 e. The first kappa shape index (κ1) is 28.5. The summed E-state index contributed by atoms with van der Waals surface area (Å²) in [5.74, 6) is -0.0917. The van der Waals surface area contributed by atoms with Gasteiger partial charge in [-0.3, -0.25) is 10.2 Å². The number of pyridine rings is 1. The van der Waals surface area contributed by atoms with E-state index in [0.29, 0.717) is 41.6 Å². The quantitative estimate of drug-likeness (QED) is 0.270. The van der Waals surface area contributed by atoms with Crippen LogP contribution in [0.3, 0.4) is 0 Å². The van der Waals surface area contributed by atoms with Crippen molar-refractivity contribution in [2.24, 2.45) is 0 Å². The van der Waals surface area contributed by atoms with Crippen molar-refractivity contribution in [3.63, 3.8) is 0 Å². The van der Waals surface area contributed by atoms with Gasteiger partial charge in [0.1, 0.15) is 5.82 Å². The van der Waals surface area contributed by atoms with Gasteiger partial charge in [0.25, 0.3) is 5.91 Å². The third-order valence-electron chi connectivity index (χ3n) is 7.35. The maximum atomic E-state index is 13.0. The van der Waals surface area contributed by atoms with Crippen LogP contribution in [0.2, 0.25) is 0 Å². The third-order valence-corrected chi connectivity index (χ3v) is 7.35. The molecule has 2 fully saturated rings. The molecule has 210 valence electrons. The standard InChI is InChI=1S/C30H41N5O4/c1-6-38-30(37)25-16-24(20-12-14-21(15-13-20)29(36)35-17-23(18-35)34(4)5)26(27(31)39-19(2)3)28(33-25)32-22-10-8-7-9-11-22/h12-16,19,22-23,31H,6-11,17-18H2,1-5H3,(H,32,33). The predicted octanol–water partition coefficient (Wildman–Crippen LogP) is 4.81. The van der Waals surface area contributed by atoms with E-state index in [-0.39, 0.29) is 36.3 Å². The Morgan fingerprint density at radius 1 is 1.13 bits per heavy atom. The van der Waals surface area contributed by atoms with E-state index in [9.17, 15) is 9.59 Å². The van der Waals surface area contributed by atoms with Crippen LogP contribution in [0.15, 0.2) is 30.3 Å². The lowest BCUT2D eigenvalue weighted by molar-refractivity contribution is 0.0399. The average Bonchev–Trinajstić information content (AvgIpc) is 2.87.